The molecule has 0 bridgehead atoms. The van der Waals surface area contributed by atoms with Gasteiger partial charge in [0.2, 0.25) is 0 Å². The maximum absolute atomic E-state index is 13.9. The number of benzene rings is 1. The van der Waals surface area contributed by atoms with Crippen LogP contribution in [0.3, 0.4) is 0 Å². The lowest BCUT2D eigenvalue weighted by atomic mass is 9.94. The zero-order chi connectivity index (χ0) is 23.6. The fraction of sp³-hybridized carbons (Fsp3) is 0.480. The van der Waals surface area contributed by atoms with Gasteiger partial charge in [-0.05, 0) is 44.4 Å². The average molecular weight is 487 g/mol. The number of aryl methyl sites for hydroxylation is 1. The van der Waals surface area contributed by atoms with Gasteiger partial charge in [-0.15, -0.1) is 11.3 Å². The van der Waals surface area contributed by atoms with Gasteiger partial charge in [-0.2, -0.15) is 0 Å². The second kappa shape index (κ2) is 9.99. The Balaban J connectivity index is 1.74. The zero-order valence-electron chi connectivity index (χ0n) is 19.6. The number of aromatic nitrogens is 2. The number of ether oxygens (including phenoxy) is 2. The summed E-state index contributed by atoms with van der Waals surface area (Å²) in [5.74, 6) is -0.181. The van der Waals surface area contributed by atoms with Gasteiger partial charge in [-0.1, -0.05) is 49.7 Å². The highest BCUT2D eigenvalue weighted by Gasteiger charge is 2.31. The molecule has 0 saturated heterocycles. The molecule has 2 aromatic heterocycles. The first-order chi connectivity index (χ1) is 15.8. The molecular formula is C25H30N2O4S2. The molecule has 0 aliphatic carbocycles. The SMILES string of the molecule is CCCCCOC(=O)CSc1nc2sc3c(c2c(=O)n1-c1ccccc1C)CC(C)(C)OC3. The van der Waals surface area contributed by atoms with E-state index in [4.69, 9.17) is 14.5 Å². The van der Waals surface area contributed by atoms with E-state index in [0.29, 0.717) is 35.0 Å². The first-order valence-electron chi connectivity index (χ1n) is 11.4. The Morgan fingerprint density at radius 2 is 2.09 bits per heavy atom. The topological polar surface area (TPSA) is 70.4 Å². The van der Waals surface area contributed by atoms with E-state index in [1.54, 1.807) is 4.57 Å². The Bertz CT molecular complexity index is 1230. The molecule has 0 amide bonds. The van der Waals surface area contributed by atoms with E-state index in [2.05, 4.69) is 6.92 Å². The number of hydrogen-bond donors (Lipinski definition) is 0. The highest BCUT2D eigenvalue weighted by molar-refractivity contribution is 7.99. The molecule has 1 aliphatic rings. The zero-order valence-corrected chi connectivity index (χ0v) is 21.2. The van der Waals surface area contributed by atoms with Crippen molar-refractivity contribution in [2.75, 3.05) is 12.4 Å². The van der Waals surface area contributed by atoms with Gasteiger partial charge >= 0.3 is 5.97 Å². The molecule has 3 heterocycles. The Kier molecular flexibility index (Phi) is 7.26. The molecule has 6 nitrogen and oxygen atoms in total. The fourth-order valence-electron chi connectivity index (χ4n) is 4.00. The van der Waals surface area contributed by atoms with Crippen LogP contribution in [0.15, 0.2) is 34.2 Å². The van der Waals surface area contributed by atoms with Gasteiger partial charge < -0.3 is 9.47 Å². The molecule has 4 rings (SSSR count). The first kappa shape index (κ1) is 24.0. The molecule has 0 fully saturated rings. The standard InChI is InChI=1S/C25H30N2O4S2/c1-5-6-9-12-30-20(28)15-32-24-26-22-21(17-13-25(3,4)31-14-19(17)33-22)23(29)27(24)18-11-8-7-10-16(18)2/h7-8,10-11H,5-6,9,12-15H2,1-4H3. The molecule has 0 unspecified atom stereocenters. The van der Waals surface area contributed by atoms with Crippen molar-refractivity contribution in [3.63, 3.8) is 0 Å². The summed E-state index contributed by atoms with van der Waals surface area (Å²) in [6.07, 6.45) is 3.65. The van der Waals surface area contributed by atoms with Gasteiger partial charge in [0.25, 0.3) is 5.56 Å². The number of rotatable bonds is 8. The lowest BCUT2D eigenvalue weighted by Crippen LogP contribution is -2.32. The van der Waals surface area contributed by atoms with Gasteiger partial charge in [0.05, 0.1) is 35.6 Å². The number of carbonyl (C=O) groups is 1. The molecule has 1 aliphatic heterocycles. The van der Waals surface area contributed by atoms with Crippen LogP contribution >= 0.6 is 23.1 Å². The summed E-state index contributed by atoms with van der Waals surface area (Å²) in [7, 11) is 0. The molecule has 0 N–H and O–H groups in total. The quantitative estimate of drug-likeness (QED) is 0.183. The van der Waals surface area contributed by atoms with Crippen molar-refractivity contribution >= 4 is 39.3 Å². The minimum absolute atomic E-state index is 0.0942. The second-order valence-electron chi connectivity index (χ2n) is 8.95. The second-order valence-corrected chi connectivity index (χ2v) is 11.0. The van der Waals surface area contributed by atoms with Crippen molar-refractivity contribution in [3.05, 3.63) is 50.6 Å². The number of hydrogen-bond acceptors (Lipinski definition) is 7. The largest absolute Gasteiger partial charge is 0.465 e. The third kappa shape index (κ3) is 5.18. The number of carbonyl (C=O) groups excluding carboxylic acids is 1. The number of para-hydroxylation sites is 1. The van der Waals surface area contributed by atoms with Crippen molar-refractivity contribution in [3.8, 4) is 5.69 Å². The molecule has 8 heteroatoms. The van der Waals surface area contributed by atoms with Gasteiger partial charge in [0.1, 0.15) is 4.83 Å². The lowest BCUT2D eigenvalue weighted by Gasteiger charge is -2.30. The van der Waals surface area contributed by atoms with Crippen LogP contribution in [0.4, 0.5) is 0 Å². The molecule has 0 radical (unpaired) electrons. The molecule has 0 spiro atoms. The Hall–Kier alpha value is -2.16. The normalized spacial score (nSPS) is 14.9. The highest BCUT2D eigenvalue weighted by atomic mass is 32.2. The molecule has 0 saturated carbocycles. The molecule has 1 aromatic carbocycles. The maximum Gasteiger partial charge on any atom is 0.316 e. The highest BCUT2D eigenvalue weighted by Crippen LogP contribution is 2.38. The number of nitrogens with zero attached hydrogens (tertiary/aromatic N) is 2. The van der Waals surface area contributed by atoms with Gasteiger partial charge in [-0.25, -0.2) is 4.98 Å². The minimum Gasteiger partial charge on any atom is -0.465 e. The molecule has 33 heavy (non-hydrogen) atoms. The van der Waals surface area contributed by atoms with E-state index in [9.17, 15) is 9.59 Å². The van der Waals surface area contributed by atoms with Crippen molar-refractivity contribution in [1.29, 1.82) is 0 Å². The molecular weight excluding hydrogens is 456 g/mol. The lowest BCUT2D eigenvalue weighted by molar-refractivity contribution is -0.140. The van der Waals surface area contributed by atoms with Crippen LogP contribution in [0.2, 0.25) is 0 Å². The van der Waals surface area contributed by atoms with Crippen molar-refractivity contribution in [2.45, 2.75) is 70.7 Å². The van der Waals surface area contributed by atoms with Crippen LogP contribution in [-0.2, 0) is 27.3 Å². The third-order valence-corrected chi connectivity index (χ3v) is 7.77. The van der Waals surface area contributed by atoms with E-state index < -0.39 is 0 Å². The van der Waals surface area contributed by atoms with Crippen molar-refractivity contribution in [2.24, 2.45) is 0 Å². The minimum atomic E-state index is -0.324. The summed E-state index contributed by atoms with van der Waals surface area (Å²) >= 11 is 2.76. The third-order valence-electron chi connectivity index (χ3n) is 5.76. The van der Waals surface area contributed by atoms with Gasteiger partial charge in [0, 0.05) is 11.3 Å². The summed E-state index contributed by atoms with van der Waals surface area (Å²) in [6.45, 7) is 9.09. The Labute approximate surface area is 202 Å². The van der Waals surface area contributed by atoms with Crippen LogP contribution in [-0.4, -0.2) is 33.5 Å². The van der Waals surface area contributed by atoms with E-state index in [1.807, 2.05) is 45.0 Å². The summed E-state index contributed by atoms with van der Waals surface area (Å²) in [5.41, 5.74) is 2.37. The summed E-state index contributed by atoms with van der Waals surface area (Å²) < 4.78 is 13.0. The van der Waals surface area contributed by atoms with Crippen LogP contribution in [0.25, 0.3) is 15.9 Å². The number of esters is 1. The van der Waals surface area contributed by atoms with Gasteiger partial charge in [0.15, 0.2) is 5.16 Å². The monoisotopic (exact) mass is 486 g/mol. The Morgan fingerprint density at radius 3 is 2.85 bits per heavy atom. The molecule has 176 valence electrons. The first-order valence-corrected chi connectivity index (χ1v) is 13.2. The van der Waals surface area contributed by atoms with Crippen molar-refractivity contribution < 1.29 is 14.3 Å². The number of fused-ring (bicyclic) bond motifs is 3. The van der Waals surface area contributed by atoms with Crippen LogP contribution < -0.4 is 5.56 Å². The van der Waals surface area contributed by atoms with E-state index in [-0.39, 0.29) is 22.9 Å². The van der Waals surface area contributed by atoms with Crippen LogP contribution in [0, 0.1) is 6.92 Å². The number of unbranched alkanes of at least 4 members (excludes halogenated alkanes) is 2. The smallest absolute Gasteiger partial charge is 0.316 e. The van der Waals surface area contributed by atoms with Gasteiger partial charge in [-0.3, -0.25) is 14.2 Å². The Morgan fingerprint density at radius 1 is 1.30 bits per heavy atom. The number of thioether (sulfide) groups is 1. The molecule has 0 atom stereocenters. The van der Waals surface area contributed by atoms with E-state index >= 15 is 0 Å². The summed E-state index contributed by atoms with van der Waals surface area (Å²) in [4.78, 5) is 32.8. The van der Waals surface area contributed by atoms with Crippen molar-refractivity contribution in [1.82, 2.24) is 9.55 Å². The van der Waals surface area contributed by atoms with E-state index in [1.165, 1.54) is 23.1 Å². The average Bonchev–Trinajstić information content (AvgIpc) is 3.13. The fourth-order valence-corrected chi connectivity index (χ4v) is 5.95. The van der Waals surface area contributed by atoms with E-state index in [0.717, 1.165) is 41.0 Å². The van der Waals surface area contributed by atoms with Crippen LogP contribution in [0.5, 0.6) is 0 Å². The maximum atomic E-state index is 13.9. The summed E-state index contributed by atoms with van der Waals surface area (Å²) in [5, 5.41) is 1.17. The predicted octanol–water partition coefficient (Wildman–Crippen LogP) is 5.43. The predicted molar refractivity (Wildman–Crippen MR) is 134 cm³/mol. The van der Waals surface area contributed by atoms with Crippen LogP contribution in [0.1, 0.15) is 56.0 Å². The number of thiophene rings is 1. The summed E-state index contributed by atoms with van der Waals surface area (Å²) in [6, 6.07) is 7.75. The molecule has 3 aromatic rings.